The number of carbonyl (C=O) groups excluding carboxylic acids is 1. The van der Waals surface area contributed by atoms with E-state index in [1.807, 2.05) is 4.90 Å². The van der Waals surface area contributed by atoms with Crippen molar-refractivity contribution >= 4 is 18.3 Å². The molecule has 0 bridgehead atoms. The number of piperidine rings is 1. The van der Waals surface area contributed by atoms with Gasteiger partial charge in [0.1, 0.15) is 0 Å². The van der Waals surface area contributed by atoms with Gasteiger partial charge in [0.15, 0.2) is 0 Å². The van der Waals surface area contributed by atoms with E-state index >= 15 is 0 Å². The van der Waals surface area contributed by atoms with Crippen molar-refractivity contribution in [3.63, 3.8) is 0 Å². The molecule has 2 N–H and O–H groups in total. The van der Waals surface area contributed by atoms with Crippen LogP contribution in [0.25, 0.3) is 0 Å². The van der Waals surface area contributed by atoms with E-state index in [1.165, 1.54) is 0 Å². The zero-order chi connectivity index (χ0) is 12.0. The summed E-state index contributed by atoms with van der Waals surface area (Å²) in [6, 6.07) is -0.314. The summed E-state index contributed by atoms with van der Waals surface area (Å²) in [5.74, 6) is 0.596. The van der Waals surface area contributed by atoms with Crippen molar-refractivity contribution in [2.75, 3.05) is 26.8 Å². The molecule has 0 radical (unpaired) electrons. The molecule has 4 nitrogen and oxygen atoms in total. The van der Waals surface area contributed by atoms with E-state index < -0.39 is 0 Å². The van der Waals surface area contributed by atoms with Gasteiger partial charge in [0.25, 0.3) is 0 Å². The third-order valence-electron chi connectivity index (χ3n) is 3.15. The number of hydrogen-bond acceptors (Lipinski definition) is 3. The Labute approximate surface area is 110 Å². The van der Waals surface area contributed by atoms with Gasteiger partial charge < -0.3 is 15.4 Å². The molecule has 1 saturated heterocycles. The number of halogens is 1. The lowest BCUT2D eigenvalue weighted by Crippen LogP contribution is -2.48. The molecular formula is C12H25ClN2O2. The van der Waals surface area contributed by atoms with Gasteiger partial charge in [0.2, 0.25) is 5.91 Å². The zero-order valence-corrected chi connectivity index (χ0v) is 11.7. The molecule has 5 heteroatoms. The van der Waals surface area contributed by atoms with Gasteiger partial charge in [0, 0.05) is 20.2 Å². The van der Waals surface area contributed by atoms with Crippen LogP contribution in [0.4, 0.5) is 0 Å². The number of amides is 1. The normalized spacial score (nSPS) is 21.8. The SMILES string of the molecule is CCCC(N)C(=O)N1CCCC(COC)C1.Cl. The Hall–Kier alpha value is -0.320. The molecule has 2 atom stereocenters. The lowest BCUT2D eigenvalue weighted by molar-refractivity contribution is -0.135. The third kappa shape index (κ3) is 5.23. The van der Waals surface area contributed by atoms with E-state index in [0.717, 1.165) is 45.4 Å². The zero-order valence-electron chi connectivity index (χ0n) is 10.9. The van der Waals surface area contributed by atoms with E-state index in [9.17, 15) is 4.79 Å². The highest BCUT2D eigenvalue weighted by Gasteiger charge is 2.26. The maximum atomic E-state index is 12.0. The van der Waals surface area contributed by atoms with Crippen molar-refractivity contribution in [2.24, 2.45) is 11.7 Å². The Kier molecular flexibility index (Phi) is 8.56. The van der Waals surface area contributed by atoms with Gasteiger partial charge in [-0.05, 0) is 25.2 Å². The average Bonchev–Trinajstić information content (AvgIpc) is 2.29. The Morgan fingerprint density at radius 1 is 1.59 bits per heavy atom. The highest BCUT2D eigenvalue weighted by atomic mass is 35.5. The number of likely N-dealkylation sites (tertiary alicyclic amines) is 1. The summed E-state index contributed by atoms with van der Waals surface area (Å²) < 4.78 is 5.15. The van der Waals surface area contributed by atoms with E-state index in [-0.39, 0.29) is 24.4 Å². The number of nitrogens with two attached hydrogens (primary N) is 1. The van der Waals surface area contributed by atoms with Gasteiger partial charge in [-0.25, -0.2) is 0 Å². The summed E-state index contributed by atoms with van der Waals surface area (Å²) in [7, 11) is 1.71. The summed E-state index contributed by atoms with van der Waals surface area (Å²) in [4.78, 5) is 13.9. The number of nitrogens with zero attached hydrogens (tertiary/aromatic N) is 1. The predicted octanol–water partition coefficient (Wildman–Crippen LogP) is 1.42. The number of rotatable bonds is 5. The fourth-order valence-electron chi connectivity index (χ4n) is 2.31. The third-order valence-corrected chi connectivity index (χ3v) is 3.15. The lowest BCUT2D eigenvalue weighted by atomic mass is 9.98. The van der Waals surface area contributed by atoms with Crippen molar-refractivity contribution in [3.05, 3.63) is 0 Å². The summed E-state index contributed by atoms with van der Waals surface area (Å²) in [6.07, 6.45) is 3.96. The van der Waals surface area contributed by atoms with Gasteiger partial charge in [-0.15, -0.1) is 12.4 Å². The Balaban J connectivity index is 0.00000256. The molecule has 0 aromatic heterocycles. The number of hydrogen-bond donors (Lipinski definition) is 1. The lowest BCUT2D eigenvalue weighted by Gasteiger charge is -2.34. The first-order valence-corrected chi connectivity index (χ1v) is 6.22. The topological polar surface area (TPSA) is 55.6 Å². The fraction of sp³-hybridized carbons (Fsp3) is 0.917. The van der Waals surface area contributed by atoms with Crippen LogP contribution in [-0.4, -0.2) is 43.7 Å². The maximum absolute atomic E-state index is 12.0. The molecule has 1 rings (SSSR count). The van der Waals surface area contributed by atoms with E-state index in [1.54, 1.807) is 7.11 Å². The highest BCUT2D eigenvalue weighted by Crippen LogP contribution is 2.17. The van der Waals surface area contributed by atoms with Crippen LogP contribution in [0.1, 0.15) is 32.6 Å². The van der Waals surface area contributed by atoms with Crippen molar-refractivity contribution in [1.82, 2.24) is 4.90 Å². The molecule has 0 saturated carbocycles. The maximum Gasteiger partial charge on any atom is 0.239 e. The second-order valence-electron chi connectivity index (χ2n) is 4.64. The van der Waals surface area contributed by atoms with Crippen molar-refractivity contribution in [2.45, 2.75) is 38.6 Å². The van der Waals surface area contributed by atoms with Crippen LogP contribution in [0.15, 0.2) is 0 Å². The second-order valence-corrected chi connectivity index (χ2v) is 4.64. The molecule has 1 fully saturated rings. The van der Waals surface area contributed by atoms with Crippen LogP contribution < -0.4 is 5.73 Å². The summed E-state index contributed by atoms with van der Waals surface area (Å²) in [5, 5.41) is 0. The summed E-state index contributed by atoms with van der Waals surface area (Å²) in [5.41, 5.74) is 5.86. The minimum Gasteiger partial charge on any atom is -0.384 e. The quantitative estimate of drug-likeness (QED) is 0.817. The van der Waals surface area contributed by atoms with Gasteiger partial charge >= 0.3 is 0 Å². The largest absolute Gasteiger partial charge is 0.384 e. The molecule has 0 aromatic rings. The van der Waals surface area contributed by atoms with Crippen LogP contribution in [0.2, 0.25) is 0 Å². The van der Waals surface area contributed by atoms with Gasteiger partial charge in [-0.1, -0.05) is 13.3 Å². The molecule has 0 spiro atoms. The smallest absolute Gasteiger partial charge is 0.239 e. The Morgan fingerprint density at radius 2 is 2.29 bits per heavy atom. The fourth-order valence-corrected chi connectivity index (χ4v) is 2.31. The molecule has 1 aliphatic rings. The first-order chi connectivity index (χ1) is 7.69. The molecule has 1 amide bonds. The van der Waals surface area contributed by atoms with Crippen LogP contribution >= 0.6 is 12.4 Å². The number of carbonyl (C=O) groups is 1. The standard InChI is InChI=1S/C12H24N2O2.ClH/c1-3-5-11(13)12(15)14-7-4-6-10(8-14)9-16-2;/h10-11H,3-9,13H2,1-2H3;1H. The van der Waals surface area contributed by atoms with Crippen molar-refractivity contribution in [3.8, 4) is 0 Å². The van der Waals surface area contributed by atoms with Crippen LogP contribution in [0.3, 0.4) is 0 Å². The van der Waals surface area contributed by atoms with E-state index in [0.29, 0.717) is 5.92 Å². The molecule has 2 unspecified atom stereocenters. The van der Waals surface area contributed by atoms with Crippen LogP contribution in [0, 0.1) is 5.92 Å². The van der Waals surface area contributed by atoms with Crippen LogP contribution in [-0.2, 0) is 9.53 Å². The molecule has 17 heavy (non-hydrogen) atoms. The van der Waals surface area contributed by atoms with Gasteiger partial charge in [-0.2, -0.15) is 0 Å². The van der Waals surface area contributed by atoms with Gasteiger partial charge in [-0.3, -0.25) is 4.79 Å². The number of ether oxygens (including phenoxy) is 1. The minimum atomic E-state index is -0.314. The predicted molar refractivity (Wildman–Crippen MR) is 71.3 cm³/mol. The highest BCUT2D eigenvalue weighted by molar-refractivity contribution is 5.85. The van der Waals surface area contributed by atoms with Crippen molar-refractivity contribution < 1.29 is 9.53 Å². The van der Waals surface area contributed by atoms with E-state index in [2.05, 4.69) is 6.92 Å². The van der Waals surface area contributed by atoms with E-state index in [4.69, 9.17) is 10.5 Å². The molecule has 102 valence electrons. The van der Waals surface area contributed by atoms with Crippen molar-refractivity contribution in [1.29, 1.82) is 0 Å². The molecule has 0 aliphatic carbocycles. The Morgan fingerprint density at radius 3 is 2.88 bits per heavy atom. The minimum absolute atomic E-state index is 0. The summed E-state index contributed by atoms with van der Waals surface area (Å²) in [6.45, 7) is 4.46. The average molecular weight is 265 g/mol. The first kappa shape index (κ1) is 16.7. The van der Waals surface area contributed by atoms with Crippen LogP contribution in [0.5, 0.6) is 0 Å². The first-order valence-electron chi connectivity index (χ1n) is 6.22. The molecule has 0 aromatic carbocycles. The second kappa shape index (κ2) is 8.72. The molecule has 1 aliphatic heterocycles. The van der Waals surface area contributed by atoms with Gasteiger partial charge in [0.05, 0.1) is 12.6 Å². The molecule has 1 heterocycles. The Bertz CT molecular complexity index is 225. The summed E-state index contributed by atoms with van der Waals surface area (Å²) >= 11 is 0. The monoisotopic (exact) mass is 264 g/mol. The number of methoxy groups -OCH3 is 1. The molecular weight excluding hydrogens is 240 g/mol.